The summed E-state index contributed by atoms with van der Waals surface area (Å²) in [5.41, 5.74) is 11.5. The van der Waals surface area contributed by atoms with Gasteiger partial charge in [0, 0.05) is 56.4 Å². The fourth-order valence-corrected chi connectivity index (χ4v) is 11.0. The monoisotopic (exact) mass is 840 g/mol. The first-order valence-electron chi connectivity index (χ1n) is 22.7. The highest BCUT2D eigenvalue weighted by atomic mass is 15.1. The van der Waals surface area contributed by atoms with E-state index in [2.05, 4.69) is 261 Å². The lowest BCUT2D eigenvalue weighted by Crippen LogP contribution is -2.04. The Hall–Kier alpha value is -8.86. The molecule has 0 aliphatic carbocycles. The second kappa shape index (κ2) is 14.3. The zero-order chi connectivity index (χ0) is 43.3. The number of hydrogen-bond acceptors (Lipinski definition) is 0. The van der Waals surface area contributed by atoms with Gasteiger partial charge in [-0.15, -0.1) is 0 Å². The van der Waals surface area contributed by atoms with Crippen LogP contribution in [-0.2, 0) is 0 Å². The summed E-state index contributed by atoms with van der Waals surface area (Å²) in [5, 5.41) is 14.6. The normalized spacial score (nSPS) is 11.9. The molecule has 3 aromatic heterocycles. The van der Waals surface area contributed by atoms with Gasteiger partial charge in [-0.1, -0.05) is 152 Å². The van der Waals surface area contributed by atoms with Crippen molar-refractivity contribution in [3.8, 4) is 22.7 Å². The zero-order valence-corrected chi connectivity index (χ0v) is 35.9. The highest BCUT2D eigenvalue weighted by Crippen LogP contribution is 2.43. The Bertz CT molecular complexity index is 4280. The first-order chi connectivity index (χ1) is 32.8. The van der Waals surface area contributed by atoms with Gasteiger partial charge in [0.25, 0.3) is 0 Å². The quantitative estimate of drug-likeness (QED) is 0.168. The van der Waals surface area contributed by atoms with Gasteiger partial charge in [-0.05, 0) is 117 Å². The number of nitrogens with zero attached hydrogens (tertiary/aromatic N) is 4. The second-order valence-electron chi connectivity index (χ2n) is 17.3. The van der Waals surface area contributed by atoms with Crippen LogP contribution in [0.15, 0.2) is 243 Å². The van der Waals surface area contributed by atoms with Crippen LogP contribution in [-0.4, -0.2) is 18.3 Å². The zero-order valence-electron chi connectivity index (χ0n) is 35.9. The smallest absolute Gasteiger partial charge is 0.0703 e. The van der Waals surface area contributed by atoms with Crippen molar-refractivity contribution in [3.05, 3.63) is 243 Å². The van der Waals surface area contributed by atoms with Gasteiger partial charge in [0.2, 0.25) is 0 Å². The predicted octanol–water partition coefficient (Wildman–Crippen LogP) is 16.4. The highest BCUT2D eigenvalue weighted by Gasteiger charge is 2.20. The van der Waals surface area contributed by atoms with Gasteiger partial charge in [-0.25, -0.2) is 0 Å². The van der Waals surface area contributed by atoms with Gasteiger partial charge >= 0.3 is 0 Å². The summed E-state index contributed by atoms with van der Waals surface area (Å²) < 4.78 is 9.58. The average Bonchev–Trinajstić information content (AvgIpc) is 3.90. The molecule has 0 saturated carbocycles. The number of benzene rings is 10. The fourth-order valence-electron chi connectivity index (χ4n) is 11.0. The number of para-hydroxylation sites is 5. The van der Waals surface area contributed by atoms with Crippen molar-refractivity contribution in [1.29, 1.82) is 0 Å². The molecule has 0 unspecified atom stereocenters. The third-order valence-electron chi connectivity index (χ3n) is 13.8. The van der Waals surface area contributed by atoms with Crippen LogP contribution >= 0.6 is 0 Å². The van der Waals surface area contributed by atoms with Crippen LogP contribution in [0.1, 0.15) is 0 Å². The van der Waals surface area contributed by atoms with Gasteiger partial charge < -0.3 is 18.3 Å². The van der Waals surface area contributed by atoms with Gasteiger partial charge in [0.05, 0.1) is 38.8 Å². The third kappa shape index (κ3) is 5.33. The van der Waals surface area contributed by atoms with Crippen molar-refractivity contribution in [2.24, 2.45) is 0 Å². The molecular formula is C62H40N4. The second-order valence-corrected chi connectivity index (χ2v) is 17.3. The summed E-state index contributed by atoms with van der Waals surface area (Å²) >= 11 is 0. The minimum absolute atomic E-state index is 1.11. The van der Waals surface area contributed by atoms with Gasteiger partial charge in [-0.2, -0.15) is 0 Å². The SMILES string of the molecule is c1ccc(-n2ccn(-c3ccccc3)c3cc4c(cc32)c2ccccc2c2cccc(-n3c5ccccc5c5cc(-n6c7ccccc7c7ccccc76)ccc53)c2c2ccccc42)cc1. The Balaban J connectivity index is 1.12. The predicted molar refractivity (Wildman–Crippen MR) is 279 cm³/mol. The molecule has 308 valence electrons. The van der Waals surface area contributed by atoms with E-state index in [1.54, 1.807) is 0 Å². The standard InChI is InChI=1S/C62H40N4/c1-3-18-41(19-4-1)63-36-37-64(42-20-5-2-6-21-42)61-40-53-46-24-9-10-28-50(46)62-51(44-22-7-8-23-45(44)52(53)39-60(61)63)29-17-33-59(62)66-57-32-16-13-27-49(57)54-38-43(34-35-58(54)66)65-55-30-14-11-25-47(55)48-26-12-15-31-56(48)65/h1-40H. The fraction of sp³-hybridized carbons (Fsp3) is 0. The largest absolute Gasteiger partial charge is 0.314 e. The molecule has 0 saturated heterocycles. The molecule has 0 N–H and O–H groups in total. The molecule has 3 heterocycles. The molecule has 14 aromatic rings. The van der Waals surface area contributed by atoms with Crippen molar-refractivity contribution in [2.75, 3.05) is 0 Å². The average molecular weight is 841 g/mol. The molecule has 0 aliphatic rings. The van der Waals surface area contributed by atoms with E-state index in [1.165, 1.54) is 86.7 Å². The molecule has 4 heteroatoms. The maximum absolute atomic E-state index is 2.51. The molecule has 0 atom stereocenters. The minimum Gasteiger partial charge on any atom is -0.314 e. The summed E-state index contributed by atoms with van der Waals surface area (Å²) in [4.78, 5) is 0. The van der Waals surface area contributed by atoms with Crippen LogP contribution in [0.4, 0.5) is 0 Å². The number of fused-ring (bicyclic) bond motifs is 15. The van der Waals surface area contributed by atoms with Gasteiger partial charge in [0.15, 0.2) is 0 Å². The van der Waals surface area contributed by atoms with E-state index in [4.69, 9.17) is 0 Å². The van der Waals surface area contributed by atoms with Gasteiger partial charge in [-0.3, -0.25) is 0 Å². The number of hydrogen-bond donors (Lipinski definition) is 0. The molecule has 0 radical (unpaired) electrons. The summed E-state index contributed by atoms with van der Waals surface area (Å²) in [6, 6.07) is 84.6. The first kappa shape index (κ1) is 36.6. The van der Waals surface area contributed by atoms with E-state index in [0.717, 1.165) is 33.8 Å². The lowest BCUT2D eigenvalue weighted by Gasteiger charge is -2.19. The molecule has 66 heavy (non-hydrogen) atoms. The van der Waals surface area contributed by atoms with Crippen molar-refractivity contribution in [3.63, 3.8) is 0 Å². The summed E-state index contributed by atoms with van der Waals surface area (Å²) in [7, 11) is 0. The molecule has 14 rings (SSSR count). The first-order valence-corrected chi connectivity index (χ1v) is 22.7. The van der Waals surface area contributed by atoms with E-state index in [-0.39, 0.29) is 0 Å². The van der Waals surface area contributed by atoms with E-state index in [9.17, 15) is 0 Å². The summed E-state index contributed by atoms with van der Waals surface area (Å²) in [5.74, 6) is 0. The molecule has 0 spiro atoms. The summed E-state index contributed by atoms with van der Waals surface area (Å²) in [6.07, 6.45) is 4.39. The molecular weight excluding hydrogens is 801 g/mol. The molecule has 0 bridgehead atoms. The molecule has 4 nitrogen and oxygen atoms in total. The van der Waals surface area contributed by atoms with Crippen LogP contribution in [0.2, 0.25) is 0 Å². The van der Waals surface area contributed by atoms with E-state index < -0.39 is 0 Å². The molecule has 0 amide bonds. The van der Waals surface area contributed by atoms with Crippen LogP contribution in [0, 0.1) is 0 Å². The van der Waals surface area contributed by atoms with E-state index in [0.29, 0.717) is 0 Å². The number of rotatable bonds is 4. The van der Waals surface area contributed by atoms with E-state index >= 15 is 0 Å². The van der Waals surface area contributed by atoms with Gasteiger partial charge in [0.1, 0.15) is 0 Å². The molecule has 0 aliphatic heterocycles. The van der Waals surface area contributed by atoms with Crippen LogP contribution in [0.5, 0.6) is 0 Å². The Kier molecular flexibility index (Phi) is 7.95. The highest BCUT2D eigenvalue weighted by molar-refractivity contribution is 6.29. The molecule has 0 fully saturated rings. The van der Waals surface area contributed by atoms with E-state index in [1.807, 2.05) is 0 Å². The maximum Gasteiger partial charge on any atom is 0.0703 e. The summed E-state index contributed by atoms with van der Waals surface area (Å²) in [6.45, 7) is 0. The maximum atomic E-state index is 2.51. The third-order valence-corrected chi connectivity index (χ3v) is 13.8. The van der Waals surface area contributed by atoms with Crippen molar-refractivity contribution < 1.29 is 0 Å². The van der Waals surface area contributed by atoms with Crippen LogP contribution in [0.3, 0.4) is 0 Å². The Labute approximate surface area is 380 Å². The topological polar surface area (TPSA) is 19.7 Å². The Morgan fingerprint density at radius 2 is 0.606 bits per heavy atom. The lowest BCUT2D eigenvalue weighted by atomic mass is 9.93. The van der Waals surface area contributed by atoms with Crippen LogP contribution < -0.4 is 0 Å². The lowest BCUT2D eigenvalue weighted by molar-refractivity contribution is 1.01. The Morgan fingerprint density at radius 1 is 0.212 bits per heavy atom. The molecule has 11 aromatic carbocycles. The van der Waals surface area contributed by atoms with Crippen molar-refractivity contribution >= 4 is 97.7 Å². The number of aromatic nitrogens is 4. The van der Waals surface area contributed by atoms with Crippen molar-refractivity contribution in [1.82, 2.24) is 18.3 Å². The Morgan fingerprint density at radius 3 is 1.15 bits per heavy atom. The minimum atomic E-state index is 1.11. The van der Waals surface area contributed by atoms with Crippen LogP contribution in [0.25, 0.3) is 120 Å². The van der Waals surface area contributed by atoms with Crippen molar-refractivity contribution in [2.45, 2.75) is 0 Å².